The van der Waals surface area contributed by atoms with Gasteiger partial charge in [0.1, 0.15) is 18.1 Å². The average molecular weight is 518 g/mol. The normalized spacial score (nSPS) is 12.4. The summed E-state index contributed by atoms with van der Waals surface area (Å²) in [7, 11) is 9.21. The minimum atomic E-state index is 0.561. The summed E-state index contributed by atoms with van der Waals surface area (Å²) in [5, 5.41) is 0. The summed E-state index contributed by atoms with van der Waals surface area (Å²) < 4.78 is 12.9. The lowest BCUT2D eigenvalue weighted by Crippen LogP contribution is -2.50. The molecule has 206 valence electrons. The van der Waals surface area contributed by atoms with Gasteiger partial charge in [-0.05, 0) is 75.2 Å². The SMILES string of the molecule is CN(C)[C@@H](Cc1ccccc1)C[N+](C)(C)CCCCCCCCOc1ccc(OCc2ccccc2)cc1. The Morgan fingerprint density at radius 1 is 0.632 bits per heavy atom. The molecular weight excluding hydrogens is 468 g/mol. The topological polar surface area (TPSA) is 21.7 Å². The van der Waals surface area contributed by atoms with Crippen LogP contribution in [0, 0.1) is 0 Å². The van der Waals surface area contributed by atoms with Crippen LogP contribution in [0.25, 0.3) is 0 Å². The Morgan fingerprint density at radius 2 is 1.16 bits per heavy atom. The first kappa shape index (κ1) is 29.7. The van der Waals surface area contributed by atoms with Gasteiger partial charge in [-0.25, -0.2) is 0 Å². The van der Waals surface area contributed by atoms with E-state index in [9.17, 15) is 0 Å². The van der Waals surface area contributed by atoms with E-state index in [-0.39, 0.29) is 0 Å². The summed E-state index contributed by atoms with van der Waals surface area (Å²) in [6, 6.07) is 29.7. The van der Waals surface area contributed by atoms with Crippen LogP contribution in [0.5, 0.6) is 11.5 Å². The highest BCUT2D eigenvalue weighted by Gasteiger charge is 2.23. The van der Waals surface area contributed by atoms with Gasteiger partial charge in [-0.3, -0.25) is 0 Å². The molecule has 0 aliphatic heterocycles. The third-order valence-electron chi connectivity index (χ3n) is 7.25. The van der Waals surface area contributed by atoms with E-state index in [0.29, 0.717) is 12.6 Å². The van der Waals surface area contributed by atoms with Crippen LogP contribution >= 0.6 is 0 Å². The maximum Gasteiger partial charge on any atom is 0.120 e. The lowest BCUT2D eigenvalue weighted by Gasteiger charge is -2.36. The second kappa shape index (κ2) is 16.2. The van der Waals surface area contributed by atoms with E-state index in [4.69, 9.17) is 9.47 Å². The standard InChI is InChI=1S/C34H49N2O2/c1-35(2)32(27-30-17-11-9-12-18-30)28-36(3,4)25-15-7-5-6-8-16-26-37-33-21-23-34(24-22-33)38-29-31-19-13-10-14-20-31/h9-14,17-24,32H,5-8,15-16,25-29H2,1-4H3/q+1/t32-/m0/s1. The first-order chi connectivity index (χ1) is 18.4. The molecule has 4 heteroatoms. The predicted octanol–water partition coefficient (Wildman–Crippen LogP) is 7.23. The van der Waals surface area contributed by atoms with E-state index in [1.807, 2.05) is 42.5 Å². The molecule has 0 saturated carbocycles. The van der Waals surface area contributed by atoms with Crippen molar-refractivity contribution in [3.63, 3.8) is 0 Å². The third kappa shape index (κ3) is 11.7. The Morgan fingerprint density at radius 3 is 1.76 bits per heavy atom. The molecule has 1 atom stereocenters. The van der Waals surface area contributed by atoms with Crippen LogP contribution in [0.2, 0.25) is 0 Å². The molecule has 0 radical (unpaired) electrons. The number of hydrogen-bond acceptors (Lipinski definition) is 3. The fraction of sp³-hybridized carbons (Fsp3) is 0.471. The monoisotopic (exact) mass is 517 g/mol. The molecule has 3 aromatic carbocycles. The Kier molecular flexibility index (Phi) is 12.7. The molecule has 0 unspecified atom stereocenters. The van der Waals surface area contributed by atoms with E-state index in [2.05, 4.69) is 75.6 Å². The molecule has 0 spiro atoms. The second-order valence-corrected chi connectivity index (χ2v) is 11.4. The van der Waals surface area contributed by atoms with Crippen molar-refractivity contribution in [3.8, 4) is 11.5 Å². The van der Waals surface area contributed by atoms with Crippen LogP contribution in [0.3, 0.4) is 0 Å². The fourth-order valence-electron chi connectivity index (χ4n) is 4.87. The predicted molar refractivity (Wildman–Crippen MR) is 160 cm³/mol. The average Bonchev–Trinajstić information content (AvgIpc) is 2.92. The molecule has 0 amide bonds. The van der Waals surface area contributed by atoms with Crippen LogP contribution < -0.4 is 9.47 Å². The van der Waals surface area contributed by atoms with E-state index in [1.165, 1.54) is 56.3 Å². The number of quaternary nitrogens is 1. The van der Waals surface area contributed by atoms with Crippen molar-refractivity contribution in [2.45, 2.75) is 57.6 Å². The molecule has 0 aromatic heterocycles. The van der Waals surface area contributed by atoms with E-state index in [0.717, 1.165) is 35.4 Å². The zero-order valence-electron chi connectivity index (χ0n) is 24.1. The molecular formula is C34H49N2O2+. The number of unbranched alkanes of at least 4 members (excludes halogenated alkanes) is 5. The van der Waals surface area contributed by atoms with Gasteiger partial charge in [0.25, 0.3) is 0 Å². The summed E-state index contributed by atoms with van der Waals surface area (Å²) in [5.74, 6) is 1.79. The maximum absolute atomic E-state index is 5.93. The summed E-state index contributed by atoms with van der Waals surface area (Å²) in [6.07, 6.45) is 8.68. The lowest BCUT2D eigenvalue weighted by molar-refractivity contribution is -0.892. The smallest absolute Gasteiger partial charge is 0.120 e. The van der Waals surface area contributed by atoms with Crippen molar-refractivity contribution >= 4 is 0 Å². The number of likely N-dealkylation sites (N-methyl/N-ethyl adjacent to an activating group) is 2. The summed E-state index contributed by atoms with van der Waals surface area (Å²) in [4.78, 5) is 2.39. The van der Waals surface area contributed by atoms with Crippen LogP contribution in [-0.4, -0.2) is 63.3 Å². The Hall–Kier alpha value is -2.82. The van der Waals surface area contributed by atoms with Gasteiger partial charge in [-0.1, -0.05) is 79.9 Å². The zero-order chi connectivity index (χ0) is 27.1. The molecule has 0 N–H and O–H groups in total. The summed E-state index contributed by atoms with van der Waals surface area (Å²) >= 11 is 0. The molecule has 38 heavy (non-hydrogen) atoms. The van der Waals surface area contributed by atoms with Crippen LogP contribution in [0.15, 0.2) is 84.9 Å². The van der Waals surface area contributed by atoms with Crippen LogP contribution in [0.4, 0.5) is 0 Å². The highest BCUT2D eigenvalue weighted by molar-refractivity contribution is 5.31. The number of rotatable bonds is 18. The fourth-order valence-corrected chi connectivity index (χ4v) is 4.87. The van der Waals surface area contributed by atoms with Gasteiger partial charge >= 0.3 is 0 Å². The van der Waals surface area contributed by atoms with Gasteiger partial charge in [0.2, 0.25) is 0 Å². The van der Waals surface area contributed by atoms with Crippen molar-refractivity contribution in [2.75, 3.05) is 47.9 Å². The van der Waals surface area contributed by atoms with Crippen molar-refractivity contribution < 1.29 is 14.0 Å². The largest absolute Gasteiger partial charge is 0.494 e. The Labute approximate surface area is 231 Å². The van der Waals surface area contributed by atoms with Crippen molar-refractivity contribution in [3.05, 3.63) is 96.1 Å². The van der Waals surface area contributed by atoms with Crippen LogP contribution in [0.1, 0.15) is 49.7 Å². The number of benzene rings is 3. The third-order valence-corrected chi connectivity index (χ3v) is 7.25. The van der Waals surface area contributed by atoms with Gasteiger partial charge in [0.05, 0.1) is 39.8 Å². The van der Waals surface area contributed by atoms with Gasteiger partial charge in [0, 0.05) is 0 Å². The second-order valence-electron chi connectivity index (χ2n) is 11.4. The van der Waals surface area contributed by atoms with Crippen molar-refractivity contribution in [2.24, 2.45) is 0 Å². The minimum absolute atomic E-state index is 0.561. The van der Waals surface area contributed by atoms with Gasteiger partial charge < -0.3 is 18.9 Å². The molecule has 0 aliphatic carbocycles. The van der Waals surface area contributed by atoms with E-state index >= 15 is 0 Å². The summed E-state index contributed by atoms with van der Waals surface area (Å²) in [5.41, 5.74) is 2.60. The quantitative estimate of drug-likeness (QED) is 0.131. The molecule has 0 bridgehead atoms. The van der Waals surface area contributed by atoms with Gasteiger partial charge in [-0.15, -0.1) is 0 Å². The molecule has 0 fully saturated rings. The molecule has 3 rings (SSSR count). The molecule has 0 heterocycles. The number of hydrogen-bond donors (Lipinski definition) is 0. The van der Waals surface area contributed by atoms with Crippen LogP contribution in [-0.2, 0) is 13.0 Å². The number of ether oxygens (including phenoxy) is 2. The molecule has 3 aromatic rings. The minimum Gasteiger partial charge on any atom is -0.494 e. The van der Waals surface area contributed by atoms with Crippen molar-refractivity contribution in [1.82, 2.24) is 4.90 Å². The summed E-state index contributed by atoms with van der Waals surface area (Å²) in [6.45, 7) is 3.79. The zero-order valence-corrected chi connectivity index (χ0v) is 24.1. The first-order valence-corrected chi connectivity index (χ1v) is 14.3. The van der Waals surface area contributed by atoms with Gasteiger partial charge in [0.15, 0.2) is 0 Å². The first-order valence-electron chi connectivity index (χ1n) is 14.3. The maximum atomic E-state index is 5.93. The molecule has 4 nitrogen and oxygen atoms in total. The van der Waals surface area contributed by atoms with Gasteiger partial charge in [-0.2, -0.15) is 0 Å². The Bertz CT molecular complexity index is 1000. The lowest BCUT2D eigenvalue weighted by atomic mass is 10.0. The Balaban J connectivity index is 1.22. The van der Waals surface area contributed by atoms with E-state index < -0.39 is 0 Å². The highest BCUT2D eigenvalue weighted by Crippen LogP contribution is 2.19. The van der Waals surface area contributed by atoms with Crippen molar-refractivity contribution in [1.29, 1.82) is 0 Å². The number of nitrogens with zero attached hydrogens (tertiary/aromatic N) is 2. The highest BCUT2D eigenvalue weighted by atomic mass is 16.5. The molecule has 0 aliphatic rings. The van der Waals surface area contributed by atoms with E-state index in [1.54, 1.807) is 0 Å². The molecule has 0 saturated heterocycles.